The van der Waals surface area contributed by atoms with Crippen molar-refractivity contribution in [2.75, 3.05) is 6.61 Å². The van der Waals surface area contributed by atoms with Crippen LogP contribution in [0.25, 0.3) is 0 Å². The lowest BCUT2D eigenvalue weighted by Crippen LogP contribution is -2.74. The average Bonchev–Trinajstić information content (AvgIpc) is 3.21. The highest BCUT2D eigenvalue weighted by atomic mass is 16.7. The average molecular weight is 472 g/mol. The van der Waals surface area contributed by atoms with Gasteiger partial charge in [0.05, 0.1) is 36.6 Å². The Morgan fingerprint density at radius 2 is 1.88 bits per heavy atom. The molecule has 9 heteroatoms. The first-order valence-electron chi connectivity index (χ1n) is 12.0. The molecule has 2 spiro atoms. The molecule has 34 heavy (non-hydrogen) atoms. The van der Waals surface area contributed by atoms with Crippen molar-refractivity contribution in [2.24, 2.45) is 28.6 Å². The number of carbonyl (C=O) groups is 3. The summed E-state index contributed by atoms with van der Waals surface area (Å²) in [6, 6.07) is 1.77. The highest BCUT2D eigenvalue weighted by Gasteiger charge is 2.87. The van der Waals surface area contributed by atoms with E-state index in [1.54, 1.807) is 12.3 Å². The number of rotatable bonds is 1. The van der Waals surface area contributed by atoms with Crippen molar-refractivity contribution < 1.29 is 42.9 Å². The highest BCUT2D eigenvalue weighted by Crippen LogP contribution is 2.76. The highest BCUT2D eigenvalue weighted by molar-refractivity contribution is 5.91. The van der Waals surface area contributed by atoms with Crippen LogP contribution in [0.2, 0.25) is 0 Å². The van der Waals surface area contributed by atoms with Crippen LogP contribution in [0.5, 0.6) is 0 Å². The van der Waals surface area contributed by atoms with Gasteiger partial charge in [-0.25, -0.2) is 4.79 Å². The maximum Gasteiger partial charge on any atom is 0.339 e. The van der Waals surface area contributed by atoms with E-state index in [1.807, 2.05) is 20.8 Å². The molecule has 4 saturated heterocycles. The molecule has 6 fully saturated rings. The fraction of sp³-hybridized carbons (Fsp3) is 0.720. The predicted molar refractivity (Wildman–Crippen MR) is 111 cm³/mol. The molecule has 7 rings (SSSR count). The summed E-state index contributed by atoms with van der Waals surface area (Å²) in [6.07, 6.45) is 1.19. The zero-order chi connectivity index (χ0) is 23.8. The van der Waals surface area contributed by atoms with Gasteiger partial charge in [-0.05, 0) is 38.7 Å². The van der Waals surface area contributed by atoms with E-state index in [0.717, 1.165) is 5.56 Å². The summed E-state index contributed by atoms with van der Waals surface area (Å²) >= 11 is 0. The lowest BCUT2D eigenvalue weighted by Gasteiger charge is -2.64. The summed E-state index contributed by atoms with van der Waals surface area (Å²) in [5.41, 5.74) is -3.05. The third-order valence-corrected chi connectivity index (χ3v) is 10.1. The van der Waals surface area contributed by atoms with Crippen LogP contribution in [0.3, 0.4) is 0 Å². The molecule has 2 aliphatic carbocycles. The van der Waals surface area contributed by atoms with E-state index in [2.05, 4.69) is 0 Å². The number of furan rings is 1. The number of carbonyl (C=O) groups excluding carboxylic acids is 3. The van der Waals surface area contributed by atoms with Gasteiger partial charge in [0, 0.05) is 22.3 Å². The molecule has 1 aromatic heterocycles. The van der Waals surface area contributed by atoms with Crippen LogP contribution in [0.4, 0.5) is 0 Å². The van der Waals surface area contributed by atoms with Crippen molar-refractivity contribution in [3.05, 3.63) is 24.2 Å². The Morgan fingerprint density at radius 1 is 1.09 bits per heavy atom. The van der Waals surface area contributed by atoms with E-state index in [4.69, 9.17) is 23.4 Å². The summed E-state index contributed by atoms with van der Waals surface area (Å²) in [6.45, 7) is 5.64. The zero-order valence-corrected chi connectivity index (χ0v) is 19.3. The van der Waals surface area contributed by atoms with Crippen LogP contribution in [-0.2, 0) is 33.3 Å². The van der Waals surface area contributed by atoms with Gasteiger partial charge < -0.3 is 28.5 Å². The quantitative estimate of drug-likeness (QED) is 0.480. The summed E-state index contributed by atoms with van der Waals surface area (Å²) < 4.78 is 29.3. The first-order valence-corrected chi connectivity index (χ1v) is 12.0. The fourth-order valence-corrected chi connectivity index (χ4v) is 9.01. The Kier molecular flexibility index (Phi) is 3.79. The zero-order valence-electron chi connectivity index (χ0n) is 19.3. The molecule has 9 nitrogen and oxygen atoms in total. The molecule has 0 unspecified atom stereocenters. The molecular weight excluding hydrogens is 444 g/mol. The van der Waals surface area contributed by atoms with Crippen molar-refractivity contribution in [1.82, 2.24) is 0 Å². The van der Waals surface area contributed by atoms with Crippen LogP contribution >= 0.6 is 0 Å². The monoisotopic (exact) mass is 472 g/mol. The lowest BCUT2D eigenvalue weighted by molar-refractivity contribution is -0.234. The van der Waals surface area contributed by atoms with Crippen molar-refractivity contribution in [2.45, 2.75) is 75.7 Å². The van der Waals surface area contributed by atoms with E-state index in [0.29, 0.717) is 12.8 Å². The lowest BCUT2D eigenvalue weighted by atomic mass is 9.39. The maximum absolute atomic E-state index is 14.0. The van der Waals surface area contributed by atoms with Crippen LogP contribution in [-0.4, -0.2) is 58.9 Å². The van der Waals surface area contributed by atoms with Crippen molar-refractivity contribution in [3.63, 3.8) is 0 Å². The normalized spacial score (nSPS) is 52.4. The molecule has 0 bridgehead atoms. The van der Waals surface area contributed by atoms with Crippen molar-refractivity contribution in [3.8, 4) is 0 Å². The second-order valence-corrected chi connectivity index (χ2v) is 11.6. The second-order valence-electron chi connectivity index (χ2n) is 11.6. The smallest absolute Gasteiger partial charge is 0.339 e. The van der Waals surface area contributed by atoms with Gasteiger partial charge in [-0.15, -0.1) is 0 Å². The third-order valence-electron chi connectivity index (χ3n) is 10.1. The van der Waals surface area contributed by atoms with Gasteiger partial charge in [-0.2, -0.15) is 0 Å². The molecule has 1 aromatic rings. The van der Waals surface area contributed by atoms with Gasteiger partial charge in [-0.3, -0.25) is 9.59 Å². The summed E-state index contributed by atoms with van der Waals surface area (Å²) in [5.74, 6) is -2.29. The maximum atomic E-state index is 14.0. The number of ketones is 1. The summed E-state index contributed by atoms with van der Waals surface area (Å²) in [7, 11) is 0. The minimum absolute atomic E-state index is 0.0599. The van der Waals surface area contributed by atoms with Gasteiger partial charge in [-0.1, -0.05) is 6.92 Å². The number of hydrogen-bond acceptors (Lipinski definition) is 9. The Balaban J connectivity index is 1.41. The van der Waals surface area contributed by atoms with Crippen LogP contribution in [0, 0.1) is 28.6 Å². The second kappa shape index (κ2) is 6.12. The largest absolute Gasteiger partial charge is 0.472 e. The van der Waals surface area contributed by atoms with Gasteiger partial charge in [0.2, 0.25) is 0 Å². The molecule has 0 aromatic carbocycles. The number of fused-ring (bicyclic) bond motifs is 1. The number of Topliss-reactive ketones (excluding diaryl/α,β-unsaturated/α-hetero) is 1. The first kappa shape index (κ1) is 21.1. The topological polar surface area (TPSA) is 125 Å². The molecule has 4 aliphatic heterocycles. The molecule has 0 amide bonds. The van der Waals surface area contributed by atoms with Crippen LogP contribution in [0.15, 0.2) is 23.0 Å². The van der Waals surface area contributed by atoms with Gasteiger partial charge in [0.25, 0.3) is 0 Å². The van der Waals surface area contributed by atoms with E-state index >= 15 is 0 Å². The van der Waals surface area contributed by atoms with Gasteiger partial charge >= 0.3 is 11.9 Å². The molecule has 6 aliphatic rings. The number of hydrogen-bond donors (Lipinski definition) is 1. The van der Waals surface area contributed by atoms with E-state index < -0.39 is 58.3 Å². The van der Waals surface area contributed by atoms with Gasteiger partial charge in [0.1, 0.15) is 24.4 Å². The number of aliphatic hydroxyl groups is 1. The van der Waals surface area contributed by atoms with Crippen molar-refractivity contribution >= 4 is 17.7 Å². The molecular formula is C25H28O9. The standard InChI is InChI=1S/C25H28O9/c1-22(2)18-16(27)19(28)23(3)13(24(18)10-31-15(26)8-14(24)33-22)5-4-12-17(11-6-7-30-9-11)32-21(29)20-25(12,23)34-20/h6-7,9,12-14,17-20,28H,4-5,8,10H2,1-3H3/t12-,13+,14-,17+,18+,19+,20-,23+,24+,25+/m1/s1. The predicted octanol–water partition coefficient (Wildman–Crippen LogP) is 1.72. The van der Waals surface area contributed by atoms with E-state index in [1.165, 1.54) is 6.26 Å². The van der Waals surface area contributed by atoms with Gasteiger partial charge in [0.15, 0.2) is 11.9 Å². The summed E-state index contributed by atoms with van der Waals surface area (Å²) in [5, 5.41) is 11.7. The number of ether oxygens (including phenoxy) is 4. The number of epoxide rings is 1. The molecule has 5 heterocycles. The fourth-order valence-electron chi connectivity index (χ4n) is 9.01. The van der Waals surface area contributed by atoms with Crippen LogP contribution in [0.1, 0.15) is 51.7 Å². The van der Waals surface area contributed by atoms with Crippen LogP contribution < -0.4 is 0 Å². The SMILES string of the molecule is CC1(C)O[C@@H]2CC(=O)OC[C@]23[C@H]2CC[C@@H]4[C@H](c5ccoc5)OC(=O)[C@H]5O[C@]54[C@]2(C)[C@@H](O)C(=O)[C@@H]13. The summed E-state index contributed by atoms with van der Waals surface area (Å²) in [4.78, 5) is 39.3. The molecule has 2 saturated carbocycles. The Hall–Kier alpha value is -2.23. The number of cyclic esters (lactones) is 2. The Morgan fingerprint density at radius 3 is 2.62 bits per heavy atom. The minimum atomic E-state index is -1.35. The molecule has 182 valence electrons. The number of esters is 2. The van der Waals surface area contributed by atoms with E-state index in [9.17, 15) is 19.5 Å². The molecule has 0 radical (unpaired) electrons. The first-order chi connectivity index (χ1) is 16.1. The minimum Gasteiger partial charge on any atom is -0.472 e. The Bertz CT molecular complexity index is 1110. The number of aliphatic hydroxyl groups excluding tert-OH is 1. The molecule has 1 N–H and O–H groups in total. The van der Waals surface area contributed by atoms with Crippen molar-refractivity contribution in [1.29, 1.82) is 0 Å². The third kappa shape index (κ3) is 2.08. The van der Waals surface area contributed by atoms with E-state index in [-0.39, 0.29) is 36.6 Å². The Labute approximate surface area is 196 Å². The molecule has 10 atom stereocenters.